The van der Waals surface area contributed by atoms with Gasteiger partial charge in [-0.05, 0) is 98.4 Å². The van der Waals surface area contributed by atoms with Crippen LogP contribution in [0.4, 0.5) is 10.1 Å². The molecule has 3 saturated heterocycles. The number of imidazole rings is 1. The van der Waals surface area contributed by atoms with Gasteiger partial charge in [-0.1, -0.05) is 86.0 Å². The third kappa shape index (κ3) is 9.10. The van der Waals surface area contributed by atoms with Crippen molar-refractivity contribution in [2.24, 2.45) is 24.6 Å². The number of likely N-dealkylation sites (tertiary alicyclic amines) is 1. The van der Waals surface area contributed by atoms with Crippen LogP contribution in [0.15, 0.2) is 65.5 Å². The molecule has 5 N–H and O–H groups in total. The number of imide groups is 1. The Kier molecular flexibility index (Phi) is 13.7. The number of fused-ring (bicyclic) bond motifs is 1. The van der Waals surface area contributed by atoms with Gasteiger partial charge in [0.15, 0.2) is 0 Å². The van der Waals surface area contributed by atoms with Crippen LogP contribution in [0.3, 0.4) is 0 Å². The first-order valence-electron chi connectivity index (χ1n) is 22.7. The minimum absolute atomic E-state index is 0.0562. The molecule has 3 aromatic carbocycles. The number of benzene rings is 3. The van der Waals surface area contributed by atoms with Gasteiger partial charge in [-0.3, -0.25) is 43.7 Å². The number of halogens is 3. The van der Waals surface area contributed by atoms with Gasteiger partial charge in [0.25, 0.3) is 0 Å². The number of nitrogens with one attached hydrogen (secondary N) is 3. The van der Waals surface area contributed by atoms with Gasteiger partial charge in [0, 0.05) is 54.6 Å². The van der Waals surface area contributed by atoms with Crippen molar-refractivity contribution in [2.45, 2.75) is 119 Å². The van der Waals surface area contributed by atoms with Crippen LogP contribution in [0.5, 0.6) is 0 Å². The van der Waals surface area contributed by atoms with E-state index in [2.05, 4.69) is 26.9 Å². The molecule has 5 amide bonds. The highest BCUT2D eigenvalue weighted by atomic mass is 35.5. The Morgan fingerprint density at radius 1 is 0.844 bits per heavy atom. The van der Waals surface area contributed by atoms with E-state index in [4.69, 9.17) is 28.9 Å². The van der Waals surface area contributed by atoms with Crippen LogP contribution in [0.25, 0.3) is 11.0 Å². The van der Waals surface area contributed by atoms with Crippen LogP contribution in [-0.4, -0.2) is 68.2 Å². The number of hydrogen-bond donors (Lipinski definition) is 4. The molecule has 4 heterocycles. The van der Waals surface area contributed by atoms with E-state index in [0.29, 0.717) is 47.3 Å². The first kappa shape index (κ1) is 45.5. The topological polar surface area (TPSA) is 178 Å². The molecule has 13 nitrogen and oxygen atoms in total. The molecule has 340 valence electrons. The number of hydrogen-bond acceptors (Lipinski definition) is 7. The van der Waals surface area contributed by atoms with Gasteiger partial charge in [-0.25, -0.2) is 9.18 Å². The minimum atomic E-state index is -0.888. The average Bonchev–Trinajstić information content (AvgIpc) is 3.74. The lowest BCUT2D eigenvalue weighted by molar-refractivity contribution is -0.138. The lowest BCUT2D eigenvalue weighted by Crippen LogP contribution is -2.53. The summed E-state index contributed by atoms with van der Waals surface area (Å²) in [6, 6.07) is 16.0. The summed E-state index contributed by atoms with van der Waals surface area (Å²) < 4.78 is 18.2. The second-order valence-corrected chi connectivity index (χ2v) is 19.1. The minimum Gasteiger partial charge on any atom is -0.368 e. The Labute approximate surface area is 381 Å². The van der Waals surface area contributed by atoms with Crippen molar-refractivity contribution in [3.8, 4) is 0 Å². The largest absolute Gasteiger partial charge is 0.368 e. The lowest BCUT2D eigenvalue weighted by atomic mass is 9.68. The first-order valence-corrected chi connectivity index (χ1v) is 23.4. The summed E-state index contributed by atoms with van der Waals surface area (Å²) in [4.78, 5) is 77.9. The Hall–Kier alpha value is -5.05. The fourth-order valence-corrected chi connectivity index (χ4v) is 11.5. The predicted octanol–water partition coefficient (Wildman–Crippen LogP) is 7.24. The van der Waals surface area contributed by atoms with Crippen molar-refractivity contribution in [1.29, 1.82) is 0 Å². The summed E-state index contributed by atoms with van der Waals surface area (Å²) >= 11 is 12.1. The summed E-state index contributed by atoms with van der Waals surface area (Å²) in [6.07, 6.45) is 12.3. The number of carbonyl (C=O) groups is 5. The van der Waals surface area contributed by atoms with E-state index in [-0.39, 0.29) is 40.4 Å². The van der Waals surface area contributed by atoms with Crippen molar-refractivity contribution in [3.05, 3.63) is 98.1 Å². The zero-order valence-electron chi connectivity index (χ0n) is 36.1. The summed E-state index contributed by atoms with van der Waals surface area (Å²) in [7, 11) is 1.72. The molecule has 4 atom stereocenters. The van der Waals surface area contributed by atoms with Crippen LogP contribution in [0.2, 0.25) is 10.0 Å². The van der Waals surface area contributed by atoms with Gasteiger partial charge >= 0.3 is 5.69 Å². The molecule has 2 saturated carbocycles. The molecule has 5 fully saturated rings. The summed E-state index contributed by atoms with van der Waals surface area (Å²) in [5, 5.41) is 9.06. The monoisotopic (exact) mass is 915 g/mol. The molecule has 0 bridgehead atoms. The van der Waals surface area contributed by atoms with Gasteiger partial charge in [0.05, 0.1) is 28.0 Å². The van der Waals surface area contributed by atoms with E-state index in [0.717, 1.165) is 63.6 Å². The quantitative estimate of drug-likeness (QED) is 0.141. The van der Waals surface area contributed by atoms with Gasteiger partial charge in [-0.2, -0.15) is 0 Å². The molecule has 1 spiro atoms. The number of nitrogens with zero attached hydrogens (tertiary/aromatic N) is 3. The van der Waals surface area contributed by atoms with Crippen molar-refractivity contribution in [3.63, 3.8) is 0 Å². The van der Waals surface area contributed by atoms with E-state index in [1.54, 1.807) is 48.0 Å². The average molecular weight is 917 g/mol. The van der Waals surface area contributed by atoms with Crippen molar-refractivity contribution in [2.75, 3.05) is 18.4 Å². The number of rotatable bonds is 7. The molecular formula is C48H56Cl2FN7O6. The Morgan fingerprint density at radius 2 is 1.55 bits per heavy atom. The van der Waals surface area contributed by atoms with Crippen molar-refractivity contribution >= 4 is 69.5 Å². The number of carbonyl (C=O) groups excluding carboxylic acids is 5. The fourth-order valence-electron chi connectivity index (χ4n) is 11.2. The SMILES string of the molecule is Cn1c(=O)n(C2CCC(=O)NC2=O)c2ccc(C3CCN(C(=O)C4CCCCC4)CC3)cc21.NC(=O)[C@@H]1NC2(CCCCC2)C(C(=O)Nc2cccc(Cl)c2)C1c1cccc(Cl)c1F. The number of amides is 5. The van der Waals surface area contributed by atoms with E-state index in [1.165, 1.54) is 35.5 Å². The Balaban J connectivity index is 0.000000175. The van der Waals surface area contributed by atoms with Crippen LogP contribution in [-0.2, 0) is 31.0 Å². The second-order valence-electron chi connectivity index (χ2n) is 18.2. The standard InChI is InChI=1S/C25H32N4O4.C23H24Cl2FN3O2/c1-27-21-15-18(16-11-13-28(14-12-16)24(32)17-5-3-2-4-6-17)7-8-19(21)29(25(27)33)20-9-10-22(30)26-23(20)31;24-13-6-4-7-14(12-13)28-22(31)18-17(15-8-5-9-16(25)19(15)26)20(21(27)30)29-23(18)10-2-1-3-11-23/h7-8,15-17,20H,2-6,9-14H2,1H3,(H,26,30,31);4-9,12,17-18,20,29H,1-3,10-11H2,(H2,27,30)(H,28,31)/t;17?,18?,20-/m.1/s1. The highest BCUT2D eigenvalue weighted by Crippen LogP contribution is 2.50. The summed E-state index contributed by atoms with van der Waals surface area (Å²) in [5.74, 6) is -2.85. The molecular weight excluding hydrogens is 860 g/mol. The molecule has 2 aliphatic carbocycles. The number of piperidine rings is 2. The van der Waals surface area contributed by atoms with Crippen LogP contribution >= 0.6 is 23.2 Å². The molecule has 3 unspecified atom stereocenters. The molecule has 9 rings (SSSR count). The second kappa shape index (κ2) is 19.2. The maximum Gasteiger partial charge on any atom is 0.329 e. The number of nitrogens with two attached hydrogens (primary N) is 1. The van der Waals surface area contributed by atoms with E-state index >= 15 is 4.39 Å². The Bertz CT molecular complexity index is 2500. The number of aryl methyl sites for hydroxylation is 1. The molecule has 4 aromatic rings. The van der Waals surface area contributed by atoms with Crippen LogP contribution in [0.1, 0.15) is 119 Å². The summed E-state index contributed by atoms with van der Waals surface area (Å²) in [6.45, 7) is 1.57. The predicted molar refractivity (Wildman–Crippen MR) is 243 cm³/mol. The third-order valence-electron chi connectivity index (χ3n) is 14.4. The zero-order valence-corrected chi connectivity index (χ0v) is 37.6. The van der Waals surface area contributed by atoms with Gasteiger partial charge in [0.2, 0.25) is 29.5 Å². The maximum absolute atomic E-state index is 15.1. The van der Waals surface area contributed by atoms with Gasteiger partial charge in [0.1, 0.15) is 11.9 Å². The van der Waals surface area contributed by atoms with Crippen molar-refractivity contribution in [1.82, 2.24) is 24.7 Å². The van der Waals surface area contributed by atoms with E-state index in [1.807, 2.05) is 12.1 Å². The lowest BCUT2D eigenvalue weighted by Gasteiger charge is -2.39. The third-order valence-corrected chi connectivity index (χ3v) is 14.9. The molecule has 0 radical (unpaired) electrons. The highest BCUT2D eigenvalue weighted by molar-refractivity contribution is 6.31. The molecule has 3 aliphatic heterocycles. The van der Waals surface area contributed by atoms with E-state index < -0.39 is 47.1 Å². The Morgan fingerprint density at radius 3 is 2.23 bits per heavy atom. The normalized spacial score (nSPS) is 24.0. The molecule has 1 aromatic heterocycles. The molecule has 64 heavy (non-hydrogen) atoms. The van der Waals surface area contributed by atoms with Gasteiger partial charge in [-0.15, -0.1) is 0 Å². The molecule has 16 heteroatoms. The smallest absolute Gasteiger partial charge is 0.329 e. The van der Waals surface area contributed by atoms with Crippen LogP contribution in [0, 0.1) is 17.7 Å². The van der Waals surface area contributed by atoms with E-state index in [9.17, 15) is 28.8 Å². The number of primary amides is 1. The maximum atomic E-state index is 15.1. The first-order chi connectivity index (χ1) is 30.8. The fraction of sp³-hybridized carbons (Fsp3) is 0.500. The number of anilines is 1. The van der Waals surface area contributed by atoms with Crippen LogP contribution < -0.4 is 27.4 Å². The van der Waals surface area contributed by atoms with Crippen molar-refractivity contribution < 1.29 is 28.4 Å². The van der Waals surface area contributed by atoms with Gasteiger partial charge < -0.3 is 16.0 Å². The molecule has 5 aliphatic rings. The summed E-state index contributed by atoms with van der Waals surface area (Å²) in [5.41, 5.74) is 8.27. The zero-order chi connectivity index (χ0) is 45.3. The highest BCUT2D eigenvalue weighted by Gasteiger charge is 2.58. The number of aromatic nitrogens is 2.